The van der Waals surface area contributed by atoms with Gasteiger partial charge in [0, 0.05) is 11.8 Å². The molecule has 0 radical (unpaired) electrons. The summed E-state index contributed by atoms with van der Waals surface area (Å²) in [6, 6.07) is 5.16. The molecule has 1 atom stereocenters. The van der Waals surface area contributed by atoms with Gasteiger partial charge in [0.1, 0.15) is 5.82 Å². The summed E-state index contributed by atoms with van der Waals surface area (Å²) in [5.74, 6) is 1.91. The molecule has 2 aromatic rings. The largest absolute Gasteiger partial charge is 0.493 e. The number of carbonyl (C=O) groups excluding carboxylic acids is 1. The molecule has 10 heteroatoms. The zero-order valence-corrected chi connectivity index (χ0v) is 15.0. The number of thioether (sulfide) groups is 1. The first kappa shape index (κ1) is 18.6. The van der Waals surface area contributed by atoms with Crippen molar-refractivity contribution in [1.29, 1.82) is 0 Å². The molecule has 0 saturated carbocycles. The van der Waals surface area contributed by atoms with Gasteiger partial charge in [-0.3, -0.25) is 4.79 Å². The summed E-state index contributed by atoms with van der Waals surface area (Å²) in [5.41, 5.74) is 11.7. The molecule has 1 aromatic heterocycles. The van der Waals surface area contributed by atoms with Crippen LogP contribution < -0.4 is 26.3 Å². The van der Waals surface area contributed by atoms with Crippen LogP contribution in [-0.2, 0) is 10.5 Å². The lowest BCUT2D eigenvalue weighted by atomic mass is 10.2. The van der Waals surface area contributed by atoms with E-state index >= 15 is 0 Å². The van der Waals surface area contributed by atoms with Gasteiger partial charge in [0.25, 0.3) is 0 Å². The van der Waals surface area contributed by atoms with Crippen LogP contribution in [0.2, 0.25) is 0 Å². The number of anilines is 3. The van der Waals surface area contributed by atoms with Crippen LogP contribution in [0.25, 0.3) is 0 Å². The van der Waals surface area contributed by atoms with Crippen LogP contribution in [0.1, 0.15) is 12.7 Å². The van der Waals surface area contributed by atoms with Gasteiger partial charge < -0.3 is 26.3 Å². The SMILES string of the molecule is COc1ccc(NC(=O)[C@H](C)SCc2nc(N)nc(N)n2)cc1OC. The summed E-state index contributed by atoms with van der Waals surface area (Å²) in [7, 11) is 3.09. The van der Waals surface area contributed by atoms with E-state index in [-0.39, 0.29) is 23.1 Å². The minimum atomic E-state index is -0.340. The average molecular weight is 364 g/mol. The number of hydrogen-bond acceptors (Lipinski definition) is 9. The highest BCUT2D eigenvalue weighted by Gasteiger charge is 2.16. The first-order chi connectivity index (χ1) is 11.9. The molecule has 0 fully saturated rings. The minimum Gasteiger partial charge on any atom is -0.493 e. The number of nitrogen functional groups attached to an aromatic ring is 2. The monoisotopic (exact) mass is 364 g/mol. The fourth-order valence-electron chi connectivity index (χ4n) is 1.95. The van der Waals surface area contributed by atoms with E-state index in [4.69, 9.17) is 20.9 Å². The maximum absolute atomic E-state index is 12.3. The van der Waals surface area contributed by atoms with Gasteiger partial charge in [-0.25, -0.2) is 0 Å². The molecule has 0 aliphatic heterocycles. The zero-order valence-electron chi connectivity index (χ0n) is 14.1. The molecule has 5 N–H and O–H groups in total. The Kier molecular flexibility index (Phi) is 6.23. The molecule has 134 valence electrons. The number of nitrogens with one attached hydrogen (secondary N) is 1. The quantitative estimate of drug-likeness (QED) is 0.663. The summed E-state index contributed by atoms with van der Waals surface area (Å²) in [6.45, 7) is 1.79. The van der Waals surface area contributed by atoms with Crippen molar-refractivity contribution in [2.75, 3.05) is 31.0 Å². The van der Waals surface area contributed by atoms with Crippen molar-refractivity contribution in [3.63, 3.8) is 0 Å². The lowest BCUT2D eigenvalue weighted by Gasteiger charge is -2.13. The number of nitrogens with two attached hydrogens (primary N) is 2. The number of carbonyl (C=O) groups is 1. The van der Waals surface area contributed by atoms with Crippen molar-refractivity contribution in [1.82, 2.24) is 15.0 Å². The summed E-state index contributed by atoms with van der Waals surface area (Å²) >= 11 is 1.36. The second-order valence-electron chi connectivity index (χ2n) is 4.98. The Bertz CT molecular complexity index is 738. The van der Waals surface area contributed by atoms with Crippen molar-refractivity contribution in [3.8, 4) is 11.5 Å². The van der Waals surface area contributed by atoms with Gasteiger partial charge in [-0.05, 0) is 19.1 Å². The van der Waals surface area contributed by atoms with E-state index in [0.29, 0.717) is 28.8 Å². The first-order valence-electron chi connectivity index (χ1n) is 7.33. The molecule has 25 heavy (non-hydrogen) atoms. The molecule has 1 amide bonds. The molecule has 0 aliphatic rings. The number of benzene rings is 1. The smallest absolute Gasteiger partial charge is 0.237 e. The Balaban J connectivity index is 1.96. The van der Waals surface area contributed by atoms with Crippen LogP contribution >= 0.6 is 11.8 Å². The predicted molar refractivity (Wildman–Crippen MR) is 97.6 cm³/mol. The van der Waals surface area contributed by atoms with E-state index < -0.39 is 0 Å². The third kappa shape index (κ3) is 5.11. The number of rotatable bonds is 7. The van der Waals surface area contributed by atoms with Gasteiger partial charge in [-0.2, -0.15) is 15.0 Å². The highest BCUT2D eigenvalue weighted by atomic mass is 32.2. The number of hydrogen-bond donors (Lipinski definition) is 3. The number of aromatic nitrogens is 3. The van der Waals surface area contributed by atoms with E-state index in [1.165, 1.54) is 18.9 Å². The summed E-state index contributed by atoms with van der Waals surface area (Å²) < 4.78 is 10.4. The Morgan fingerprint density at radius 1 is 1.16 bits per heavy atom. The molecule has 0 saturated heterocycles. The van der Waals surface area contributed by atoms with Crippen LogP contribution in [0.15, 0.2) is 18.2 Å². The Hall–Kier alpha value is -2.75. The molecule has 1 aromatic carbocycles. The van der Waals surface area contributed by atoms with E-state index in [9.17, 15) is 4.79 Å². The van der Waals surface area contributed by atoms with Gasteiger partial charge in [0.05, 0.1) is 25.2 Å². The predicted octanol–water partition coefficient (Wildman–Crippen LogP) is 1.31. The number of nitrogens with zero attached hydrogens (tertiary/aromatic N) is 3. The highest BCUT2D eigenvalue weighted by Crippen LogP contribution is 2.30. The van der Waals surface area contributed by atoms with Gasteiger partial charge in [0.15, 0.2) is 11.5 Å². The molecule has 1 heterocycles. The van der Waals surface area contributed by atoms with E-state index in [1.807, 2.05) is 0 Å². The molecular weight excluding hydrogens is 344 g/mol. The summed E-state index contributed by atoms with van der Waals surface area (Å²) in [5, 5.41) is 2.49. The topological polar surface area (TPSA) is 138 Å². The van der Waals surface area contributed by atoms with Crippen LogP contribution in [0.5, 0.6) is 11.5 Å². The molecule has 2 rings (SSSR count). The molecule has 0 bridgehead atoms. The number of amides is 1. The molecule has 0 aliphatic carbocycles. The molecule has 9 nitrogen and oxygen atoms in total. The summed E-state index contributed by atoms with van der Waals surface area (Å²) in [6.07, 6.45) is 0. The van der Waals surface area contributed by atoms with Gasteiger partial charge in [-0.1, -0.05) is 0 Å². The van der Waals surface area contributed by atoms with Gasteiger partial charge in [0.2, 0.25) is 17.8 Å². The molecule has 0 spiro atoms. The fourth-order valence-corrected chi connectivity index (χ4v) is 2.69. The van der Waals surface area contributed by atoms with Gasteiger partial charge in [-0.15, -0.1) is 11.8 Å². The third-order valence-electron chi connectivity index (χ3n) is 3.20. The van der Waals surface area contributed by atoms with Crippen molar-refractivity contribution in [3.05, 3.63) is 24.0 Å². The fraction of sp³-hybridized carbons (Fsp3) is 0.333. The maximum atomic E-state index is 12.3. The van der Waals surface area contributed by atoms with Crippen molar-refractivity contribution < 1.29 is 14.3 Å². The van der Waals surface area contributed by atoms with Crippen molar-refractivity contribution in [2.24, 2.45) is 0 Å². The number of methoxy groups -OCH3 is 2. The Morgan fingerprint density at radius 2 is 1.80 bits per heavy atom. The molecule has 0 unspecified atom stereocenters. The Morgan fingerprint density at radius 3 is 2.40 bits per heavy atom. The second kappa shape index (κ2) is 8.38. The average Bonchev–Trinajstić information content (AvgIpc) is 2.58. The number of ether oxygens (including phenoxy) is 2. The minimum absolute atomic E-state index is 0.0607. The van der Waals surface area contributed by atoms with E-state index in [2.05, 4.69) is 20.3 Å². The van der Waals surface area contributed by atoms with E-state index in [1.54, 1.807) is 32.2 Å². The first-order valence-corrected chi connectivity index (χ1v) is 8.38. The van der Waals surface area contributed by atoms with Crippen LogP contribution in [0.3, 0.4) is 0 Å². The van der Waals surface area contributed by atoms with Crippen molar-refractivity contribution >= 4 is 35.3 Å². The standard InChI is InChI=1S/C15H20N6O3S/c1-8(25-7-12-19-14(16)21-15(17)20-12)13(22)18-9-4-5-10(23-2)11(6-9)24-3/h4-6,8H,7H2,1-3H3,(H,18,22)(H4,16,17,19,20,21)/t8-/m0/s1. The normalized spacial score (nSPS) is 11.6. The third-order valence-corrected chi connectivity index (χ3v) is 4.34. The lowest BCUT2D eigenvalue weighted by molar-refractivity contribution is -0.115. The van der Waals surface area contributed by atoms with Crippen LogP contribution in [0.4, 0.5) is 17.6 Å². The van der Waals surface area contributed by atoms with Crippen LogP contribution in [-0.4, -0.2) is 40.3 Å². The zero-order chi connectivity index (χ0) is 18.4. The molecular formula is C15H20N6O3S. The summed E-state index contributed by atoms with van der Waals surface area (Å²) in [4.78, 5) is 24.0. The van der Waals surface area contributed by atoms with Gasteiger partial charge >= 0.3 is 0 Å². The Labute approximate surface area is 149 Å². The highest BCUT2D eigenvalue weighted by molar-refractivity contribution is 7.99. The van der Waals surface area contributed by atoms with Crippen LogP contribution in [0, 0.1) is 0 Å². The van der Waals surface area contributed by atoms with E-state index in [0.717, 1.165) is 0 Å². The van der Waals surface area contributed by atoms with Crippen molar-refractivity contribution in [2.45, 2.75) is 17.9 Å². The maximum Gasteiger partial charge on any atom is 0.237 e. The lowest BCUT2D eigenvalue weighted by Crippen LogP contribution is -2.22. The second-order valence-corrected chi connectivity index (χ2v) is 6.31.